The average Bonchev–Trinajstić information content (AvgIpc) is 3.28. The summed E-state index contributed by atoms with van der Waals surface area (Å²) in [7, 11) is 0. The number of hydrogen-bond acceptors (Lipinski definition) is 4. The highest BCUT2D eigenvalue weighted by Crippen LogP contribution is 2.44. The van der Waals surface area contributed by atoms with Gasteiger partial charge in [0, 0.05) is 43.5 Å². The van der Waals surface area contributed by atoms with Crippen molar-refractivity contribution in [3.8, 4) is 0 Å². The van der Waals surface area contributed by atoms with Gasteiger partial charge in [0.05, 0.1) is 0 Å². The van der Waals surface area contributed by atoms with Gasteiger partial charge in [0.15, 0.2) is 0 Å². The van der Waals surface area contributed by atoms with E-state index in [1.165, 1.54) is 31.2 Å². The molecule has 0 unspecified atom stereocenters. The van der Waals surface area contributed by atoms with Gasteiger partial charge in [-0.1, -0.05) is 0 Å². The Kier molecular flexibility index (Phi) is 4.34. The normalized spacial score (nSPS) is 22.9. The van der Waals surface area contributed by atoms with Gasteiger partial charge >= 0.3 is 0 Å². The molecule has 1 aromatic heterocycles. The predicted octanol–water partition coefficient (Wildman–Crippen LogP) is 1.41. The van der Waals surface area contributed by atoms with Crippen molar-refractivity contribution in [3.05, 3.63) is 30.1 Å². The van der Waals surface area contributed by atoms with E-state index in [0.29, 0.717) is 12.6 Å². The summed E-state index contributed by atoms with van der Waals surface area (Å²) in [5, 5.41) is 13.0. The van der Waals surface area contributed by atoms with Crippen LogP contribution in [0.1, 0.15) is 31.2 Å². The van der Waals surface area contributed by atoms with Gasteiger partial charge in [-0.05, 0) is 56.5 Å². The van der Waals surface area contributed by atoms with Crippen LogP contribution < -0.4 is 5.32 Å². The lowest BCUT2D eigenvalue weighted by Crippen LogP contribution is -2.44. The quantitative estimate of drug-likeness (QED) is 0.824. The third-order valence-corrected chi connectivity index (χ3v) is 4.80. The molecule has 0 amide bonds. The Morgan fingerprint density at radius 2 is 1.95 bits per heavy atom. The molecule has 2 N–H and O–H groups in total. The summed E-state index contributed by atoms with van der Waals surface area (Å²) in [5.41, 5.74) is 1.58. The Bertz CT molecular complexity index is 411. The van der Waals surface area contributed by atoms with Crippen LogP contribution in [0, 0.1) is 5.41 Å². The van der Waals surface area contributed by atoms with Crippen molar-refractivity contribution in [3.63, 3.8) is 0 Å². The smallest absolute Gasteiger partial charge is 0.0499 e. The zero-order chi connectivity index (χ0) is 13.8. The third kappa shape index (κ3) is 3.57. The minimum absolute atomic E-state index is 0.230. The second-order valence-electron chi connectivity index (χ2n) is 6.44. The number of hydrogen-bond donors (Lipinski definition) is 2. The van der Waals surface area contributed by atoms with Crippen molar-refractivity contribution in [2.45, 2.75) is 38.3 Å². The number of rotatable bonds is 6. The lowest BCUT2D eigenvalue weighted by Gasteiger charge is -2.33. The van der Waals surface area contributed by atoms with Crippen molar-refractivity contribution < 1.29 is 5.11 Å². The summed E-state index contributed by atoms with van der Waals surface area (Å²) >= 11 is 0. The van der Waals surface area contributed by atoms with Crippen molar-refractivity contribution in [2.24, 2.45) is 5.41 Å². The summed E-state index contributed by atoms with van der Waals surface area (Å²) in [6.45, 7) is 4.70. The van der Waals surface area contributed by atoms with Gasteiger partial charge < -0.3 is 10.4 Å². The largest absolute Gasteiger partial charge is 0.396 e. The van der Waals surface area contributed by atoms with Gasteiger partial charge in [0.2, 0.25) is 0 Å². The van der Waals surface area contributed by atoms with Crippen LogP contribution in [0.4, 0.5) is 0 Å². The predicted molar refractivity (Wildman–Crippen MR) is 79.3 cm³/mol. The van der Waals surface area contributed by atoms with Gasteiger partial charge in [0.25, 0.3) is 0 Å². The highest BCUT2D eigenvalue weighted by Gasteiger charge is 2.42. The van der Waals surface area contributed by atoms with E-state index < -0.39 is 0 Å². The van der Waals surface area contributed by atoms with Crippen LogP contribution in [0.15, 0.2) is 24.5 Å². The number of nitrogens with one attached hydrogen (secondary N) is 1. The standard InChI is InChI=1S/C16H25N3O/c20-13-16(5-6-16)12-18-15-3-9-19(10-4-15)11-14-1-7-17-8-2-14/h1-2,7-8,15,18,20H,3-6,9-13H2. The maximum Gasteiger partial charge on any atom is 0.0499 e. The van der Waals surface area contributed by atoms with Crippen molar-refractivity contribution >= 4 is 0 Å². The molecule has 1 saturated heterocycles. The SMILES string of the molecule is OCC1(CNC2CCN(Cc3ccncc3)CC2)CC1. The molecule has 1 saturated carbocycles. The number of aliphatic hydroxyl groups excluding tert-OH is 1. The van der Waals surface area contributed by atoms with E-state index in [-0.39, 0.29) is 5.41 Å². The molecule has 1 aromatic rings. The van der Waals surface area contributed by atoms with Crippen molar-refractivity contribution in [1.82, 2.24) is 15.2 Å². The summed E-state index contributed by atoms with van der Waals surface area (Å²) in [4.78, 5) is 6.58. The van der Waals surface area contributed by atoms with Crippen LogP contribution in [-0.2, 0) is 6.54 Å². The van der Waals surface area contributed by atoms with E-state index in [1.807, 2.05) is 12.4 Å². The molecule has 110 valence electrons. The van der Waals surface area contributed by atoms with E-state index in [9.17, 15) is 5.11 Å². The fourth-order valence-electron chi connectivity index (χ4n) is 2.97. The molecule has 0 aromatic carbocycles. The number of pyridine rings is 1. The summed E-state index contributed by atoms with van der Waals surface area (Å²) in [5.74, 6) is 0. The molecule has 0 bridgehead atoms. The fourth-order valence-corrected chi connectivity index (χ4v) is 2.97. The van der Waals surface area contributed by atoms with Gasteiger partial charge in [-0.2, -0.15) is 0 Å². The Hall–Kier alpha value is -0.970. The van der Waals surface area contributed by atoms with Crippen molar-refractivity contribution in [2.75, 3.05) is 26.2 Å². The maximum absolute atomic E-state index is 9.34. The molecular formula is C16H25N3O. The number of aromatic nitrogens is 1. The van der Waals surface area contributed by atoms with Crippen LogP contribution >= 0.6 is 0 Å². The summed E-state index contributed by atoms with van der Waals surface area (Å²) in [6.07, 6.45) is 8.55. The van der Waals surface area contributed by atoms with Crippen LogP contribution in [0.25, 0.3) is 0 Å². The lowest BCUT2D eigenvalue weighted by molar-refractivity contribution is 0.170. The number of aliphatic hydroxyl groups is 1. The minimum atomic E-state index is 0.230. The number of nitrogens with zero attached hydrogens (tertiary/aromatic N) is 2. The molecule has 0 atom stereocenters. The first kappa shape index (κ1) is 14.0. The van der Waals surface area contributed by atoms with Crippen LogP contribution in [0.3, 0.4) is 0 Å². The summed E-state index contributed by atoms with van der Waals surface area (Å²) < 4.78 is 0. The topological polar surface area (TPSA) is 48.4 Å². The molecule has 2 heterocycles. The van der Waals surface area contributed by atoms with E-state index in [1.54, 1.807) is 0 Å². The fraction of sp³-hybridized carbons (Fsp3) is 0.688. The summed E-state index contributed by atoms with van der Waals surface area (Å²) in [6, 6.07) is 4.83. The molecule has 2 fully saturated rings. The first-order chi connectivity index (χ1) is 9.80. The Balaban J connectivity index is 1.39. The van der Waals surface area contributed by atoms with Gasteiger partial charge in [-0.25, -0.2) is 0 Å². The van der Waals surface area contributed by atoms with E-state index >= 15 is 0 Å². The van der Waals surface area contributed by atoms with E-state index in [0.717, 1.165) is 26.2 Å². The molecule has 4 nitrogen and oxygen atoms in total. The molecule has 0 radical (unpaired) electrons. The molecule has 4 heteroatoms. The van der Waals surface area contributed by atoms with Crippen LogP contribution in [0.5, 0.6) is 0 Å². The van der Waals surface area contributed by atoms with E-state index in [4.69, 9.17) is 0 Å². The average molecular weight is 275 g/mol. The van der Waals surface area contributed by atoms with E-state index in [2.05, 4.69) is 27.3 Å². The zero-order valence-electron chi connectivity index (χ0n) is 12.1. The first-order valence-electron chi connectivity index (χ1n) is 7.75. The molecular weight excluding hydrogens is 250 g/mol. The third-order valence-electron chi connectivity index (χ3n) is 4.80. The Labute approximate surface area is 121 Å². The number of likely N-dealkylation sites (tertiary alicyclic amines) is 1. The molecule has 1 aliphatic carbocycles. The highest BCUT2D eigenvalue weighted by atomic mass is 16.3. The Morgan fingerprint density at radius 1 is 1.25 bits per heavy atom. The Morgan fingerprint density at radius 3 is 2.55 bits per heavy atom. The van der Waals surface area contributed by atoms with Gasteiger partial charge in [0.1, 0.15) is 0 Å². The molecule has 3 rings (SSSR count). The van der Waals surface area contributed by atoms with Gasteiger partial charge in [-0.15, -0.1) is 0 Å². The van der Waals surface area contributed by atoms with Gasteiger partial charge in [-0.3, -0.25) is 9.88 Å². The first-order valence-corrected chi connectivity index (χ1v) is 7.75. The van der Waals surface area contributed by atoms with Crippen molar-refractivity contribution in [1.29, 1.82) is 0 Å². The van der Waals surface area contributed by atoms with Crippen LogP contribution in [-0.4, -0.2) is 47.3 Å². The lowest BCUT2D eigenvalue weighted by atomic mass is 10.0. The van der Waals surface area contributed by atoms with Crippen LogP contribution in [0.2, 0.25) is 0 Å². The number of piperidine rings is 1. The molecule has 2 aliphatic rings. The highest BCUT2D eigenvalue weighted by molar-refractivity contribution is 5.09. The molecule has 20 heavy (non-hydrogen) atoms. The second-order valence-corrected chi connectivity index (χ2v) is 6.44. The second kappa shape index (κ2) is 6.20. The maximum atomic E-state index is 9.34. The monoisotopic (exact) mass is 275 g/mol. The minimum Gasteiger partial charge on any atom is -0.396 e. The zero-order valence-corrected chi connectivity index (χ0v) is 12.1. The molecule has 0 spiro atoms. The molecule has 1 aliphatic heterocycles.